The highest BCUT2D eigenvalue weighted by Gasteiger charge is 2.30. The molecule has 15 heavy (non-hydrogen) atoms. The maximum Gasteiger partial charge on any atom is 0.322 e. The Hall–Kier alpha value is -1.62. The van der Waals surface area contributed by atoms with E-state index in [-0.39, 0.29) is 11.9 Å². The highest BCUT2D eigenvalue weighted by atomic mass is 19.1. The van der Waals surface area contributed by atoms with Gasteiger partial charge in [-0.15, -0.1) is 0 Å². The van der Waals surface area contributed by atoms with Crippen LogP contribution in [0.15, 0.2) is 18.2 Å². The molecule has 2 atom stereocenters. The Morgan fingerprint density at radius 3 is 3.07 bits per heavy atom. The zero-order valence-electron chi connectivity index (χ0n) is 7.90. The van der Waals surface area contributed by atoms with Gasteiger partial charge in [-0.3, -0.25) is 4.79 Å². The van der Waals surface area contributed by atoms with Crippen molar-refractivity contribution in [2.45, 2.75) is 18.5 Å². The summed E-state index contributed by atoms with van der Waals surface area (Å²) >= 11 is 0. The van der Waals surface area contributed by atoms with Crippen LogP contribution >= 0.6 is 0 Å². The molecular weight excluding hydrogens is 199 g/mol. The quantitative estimate of drug-likeness (QED) is 0.667. The normalized spacial score (nSPS) is 20.5. The Morgan fingerprint density at radius 1 is 1.67 bits per heavy atom. The van der Waals surface area contributed by atoms with Crippen LogP contribution in [0.4, 0.5) is 10.1 Å². The molecule has 0 aromatic heterocycles. The average Bonchev–Trinajstić information content (AvgIpc) is 2.58. The molecule has 4 nitrogen and oxygen atoms in total. The standard InChI is InChI=1S/C10H11FN2O2/c11-6-1-2-7-5(3-6)4-8(13-7)9(12)10(14)15/h1-3,8-9,13H,4,12H2,(H,14,15). The van der Waals surface area contributed by atoms with Crippen LogP contribution in [0.2, 0.25) is 0 Å². The fraction of sp³-hybridized carbons (Fsp3) is 0.300. The summed E-state index contributed by atoms with van der Waals surface area (Å²) in [4.78, 5) is 10.7. The van der Waals surface area contributed by atoms with Crippen molar-refractivity contribution in [3.8, 4) is 0 Å². The van der Waals surface area contributed by atoms with Crippen molar-refractivity contribution in [2.75, 3.05) is 5.32 Å². The number of carboxylic acid groups (broad SMARTS) is 1. The second-order valence-electron chi connectivity index (χ2n) is 3.62. The van der Waals surface area contributed by atoms with Gasteiger partial charge >= 0.3 is 5.97 Å². The molecule has 4 N–H and O–H groups in total. The van der Waals surface area contributed by atoms with Gasteiger partial charge in [0, 0.05) is 5.69 Å². The molecule has 1 aromatic carbocycles. The van der Waals surface area contributed by atoms with Gasteiger partial charge in [-0.1, -0.05) is 0 Å². The topological polar surface area (TPSA) is 75.4 Å². The molecule has 0 radical (unpaired) electrons. The molecule has 2 rings (SSSR count). The number of halogens is 1. The number of aliphatic carboxylic acids is 1. The largest absolute Gasteiger partial charge is 0.480 e. The molecule has 0 saturated carbocycles. The first kappa shape index (κ1) is 9.92. The molecule has 1 aliphatic rings. The number of nitrogens with two attached hydrogens (primary N) is 1. The second-order valence-corrected chi connectivity index (χ2v) is 3.62. The number of carbonyl (C=O) groups is 1. The zero-order valence-corrected chi connectivity index (χ0v) is 7.90. The Morgan fingerprint density at radius 2 is 2.40 bits per heavy atom. The fourth-order valence-corrected chi connectivity index (χ4v) is 1.75. The first-order valence-electron chi connectivity index (χ1n) is 4.61. The summed E-state index contributed by atoms with van der Waals surface area (Å²) in [6.45, 7) is 0. The summed E-state index contributed by atoms with van der Waals surface area (Å²) in [6, 6.07) is 3.00. The third-order valence-electron chi connectivity index (χ3n) is 2.57. The van der Waals surface area contributed by atoms with E-state index in [0.717, 1.165) is 11.3 Å². The molecule has 80 valence electrons. The second kappa shape index (κ2) is 3.51. The van der Waals surface area contributed by atoms with Crippen LogP contribution in [0.3, 0.4) is 0 Å². The third-order valence-corrected chi connectivity index (χ3v) is 2.57. The van der Waals surface area contributed by atoms with E-state index in [1.807, 2.05) is 0 Å². The van der Waals surface area contributed by atoms with Gasteiger partial charge in [0.05, 0.1) is 6.04 Å². The average molecular weight is 210 g/mol. The van der Waals surface area contributed by atoms with E-state index in [0.29, 0.717) is 6.42 Å². The molecule has 1 aromatic rings. The van der Waals surface area contributed by atoms with Crippen molar-refractivity contribution in [3.63, 3.8) is 0 Å². The minimum atomic E-state index is -1.05. The number of hydrogen-bond acceptors (Lipinski definition) is 3. The smallest absolute Gasteiger partial charge is 0.322 e. The molecule has 1 aliphatic heterocycles. The SMILES string of the molecule is NC(C(=O)O)C1Cc2cc(F)ccc2N1. The molecular formula is C10H11FN2O2. The summed E-state index contributed by atoms with van der Waals surface area (Å²) in [5.41, 5.74) is 7.02. The van der Waals surface area contributed by atoms with E-state index in [9.17, 15) is 9.18 Å². The number of hydrogen-bond donors (Lipinski definition) is 3. The van der Waals surface area contributed by atoms with Crippen LogP contribution < -0.4 is 11.1 Å². The Bertz CT molecular complexity index is 408. The third kappa shape index (κ3) is 1.78. The lowest BCUT2D eigenvalue weighted by Gasteiger charge is -2.15. The van der Waals surface area contributed by atoms with Gasteiger partial charge in [-0.25, -0.2) is 4.39 Å². The first-order chi connectivity index (χ1) is 7.08. The van der Waals surface area contributed by atoms with Crippen LogP contribution in [0.1, 0.15) is 5.56 Å². The predicted molar refractivity (Wildman–Crippen MR) is 53.1 cm³/mol. The van der Waals surface area contributed by atoms with Gasteiger partial charge in [0.2, 0.25) is 0 Å². The number of carboxylic acids is 1. The molecule has 0 bridgehead atoms. The van der Waals surface area contributed by atoms with Crippen molar-refractivity contribution in [3.05, 3.63) is 29.6 Å². The van der Waals surface area contributed by atoms with Gasteiger partial charge in [-0.2, -0.15) is 0 Å². The molecule has 1 heterocycles. The molecule has 0 fully saturated rings. The van der Waals surface area contributed by atoms with Crippen LogP contribution in [0.5, 0.6) is 0 Å². The number of anilines is 1. The summed E-state index contributed by atoms with van der Waals surface area (Å²) < 4.78 is 12.9. The van der Waals surface area contributed by atoms with Gasteiger partial charge < -0.3 is 16.2 Å². The van der Waals surface area contributed by atoms with Crippen LogP contribution in [-0.2, 0) is 11.2 Å². The zero-order chi connectivity index (χ0) is 11.0. The van der Waals surface area contributed by atoms with Gasteiger partial charge in [0.1, 0.15) is 11.9 Å². The van der Waals surface area contributed by atoms with Gasteiger partial charge in [0.15, 0.2) is 0 Å². The highest BCUT2D eigenvalue weighted by molar-refractivity contribution is 5.76. The molecule has 0 saturated heterocycles. The molecule has 0 aliphatic carbocycles. The van der Waals surface area contributed by atoms with E-state index in [4.69, 9.17) is 10.8 Å². The Labute approximate surface area is 85.9 Å². The molecule has 0 amide bonds. The van der Waals surface area contributed by atoms with E-state index in [1.54, 1.807) is 6.07 Å². The fourth-order valence-electron chi connectivity index (χ4n) is 1.75. The lowest BCUT2D eigenvalue weighted by Crippen LogP contribution is -2.45. The lowest BCUT2D eigenvalue weighted by molar-refractivity contribution is -0.138. The molecule has 2 unspecified atom stereocenters. The number of rotatable bonds is 2. The van der Waals surface area contributed by atoms with Gasteiger partial charge in [0.25, 0.3) is 0 Å². The number of benzene rings is 1. The number of fused-ring (bicyclic) bond motifs is 1. The van der Waals surface area contributed by atoms with Crippen molar-refractivity contribution < 1.29 is 14.3 Å². The van der Waals surface area contributed by atoms with Crippen molar-refractivity contribution in [1.82, 2.24) is 0 Å². The monoisotopic (exact) mass is 210 g/mol. The number of nitrogens with one attached hydrogen (secondary N) is 1. The Kier molecular flexibility index (Phi) is 2.32. The lowest BCUT2D eigenvalue weighted by atomic mass is 10.0. The molecule has 0 spiro atoms. The van der Waals surface area contributed by atoms with E-state index < -0.39 is 12.0 Å². The summed E-state index contributed by atoms with van der Waals surface area (Å²) in [5, 5.41) is 11.7. The summed E-state index contributed by atoms with van der Waals surface area (Å²) in [5.74, 6) is -1.37. The maximum atomic E-state index is 12.9. The summed E-state index contributed by atoms with van der Waals surface area (Å²) in [7, 11) is 0. The van der Waals surface area contributed by atoms with E-state index in [1.165, 1.54) is 12.1 Å². The van der Waals surface area contributed by atoms with Gasteiger partial charge in [-0.05, 0) is 30.2 Å². The summed E-state index contributed by atoms with van der Waals surface area (Å²) in [6.07, 6.45) is 0.445. The predicted octanol–water partition coefficient (Wildman–Crippen LogP) is 0.574. The minimum Gasteiger partial charge on any atom is -0.480 e. The van der Waals surface area contributed by atoms with Crippen LogP contribution in [-0.4, -0.2) is 23.2 Å². The van der Waals surface area contributed by atoms with Crippen molar-refractivity contribution in [2.24, 2.45) is 5.73 Å². The van der Waals surface area contributed by atoms with Crippen molar-refractivity contribution in [1.29, 1.82) is 0 Å². The Balaban J connectivity index is 2.19. The minimum absolute atomic E-state index is 0.319. The van der Waals surface area contributed by atoms with E-state index in [2.05, 4.69) is 5.32 Å². The van der Waals surface area contributed by atoms with Crippen molar-refractivity contribution >= 4 is 11.7 Å². The highest BCUT2D eigenvalue weighted by Crippen LogP contribution is 2.27. The van der Waals surface area contributed by atoms with Crippen LogP contribution in [0, 0.1) is 5.82 Å². The first-order valence-corrected chi connectivity index (χ1v) is 4.61. The molecule has 5 heteroatoms. The van der Waals surface area contributed by atoms with E-state index >= 15 is 0 Å². The maximum absolute atomic E-state index is 12.9. The van der Waals surface area contributed by atoms with Crippen LogP contribution in [0.25, 0.3) is 0 Å².